The minimum absolute atomic E-state index is 0.0481. The summed E-state index contributed by atoms with van der Waals surface area (Å²) in [6, 6.07) is 4.59. The molecular weight excluding hydrogens is 207 g/mol. The Labute approximate surface area is 96.1 Å². The predicted molar refractivity (Wildman–Crippen MR) is 62.0 cm³/mol. The van der Waals surface area contributed by atoms with Crippen molar-refractivity contribution < 1.29 is 14.2 Å². The van der Waals surface area contributed by atoms with Gasteiger partial charge in [-0.3, -0.25) is 0 Å². The lowest BCUT2D eigenvalue weighted by Gasteiger charge is -2.16. The van der Waals surface area contributed by atoms with E-state index in [1.807, 2.05) is 13.8 Å². The van der Waals surface area contributed by atoms with Crippen LogP contribution in [0.2, 0.25) is 0 Å². The highest BCUT2D eigenvalue weighted by Gasteiger charge is 2.11. The Balaban J connectivity index is 2.82. The molecule has 0 radical (unpaired) electrons. The fourth-order valence-electron chi connectivity index (χ4n) is 1.51. The first-order valence-corrected chi connectivity index (χ1v) is 5.72. The second-order valence-electron chi connectivity index (χ2n) is 3.92. The molecule has 0 aliphatic heterocycles. The van der Waals surface area contributed by atoms with Crippen molar-refractivity contribution in [3.8, 4) is 5.75 Å². The lowest BCUT2D eigenvalue weighted by Crippen LogP contribution is -2.14. The van der Waals surface area contributed by atoms with Crippen LogP contribution >= 0.6 is 0 Å². The van der Waals surface area contributed by atoms with Gasteiger partial charge in [0.15, 0.2) is 11.6 Å². The second kappa shape index (κ2) is 5.85. The Morgan fingerprint density at radius 1 is 1.31 bits per heavy atom. The van der Waals surface area contributed by atoms with E-state index in [4.69, 9.17) is 4.74 Å². The summed E-state index contributed by atoms with van der Waals surface area (Å²) in [5, 5.41) is 9.31. The first-order chi connectivity index (χ1) is 7.58. The Morgan fingerprint density at radius 3 is 2.38 bits per heavy atom. The minimum atomic E-state index is -0.656. The van der Waals surface area contributed by atoms with E-state index < -0.39 is 11.9 Å². The molecule has 1 rings (SSSR count). The van der Waals surface area contributed by atoms with Crippen LogP contribution in [0.15, 0.2) is 18.2 Å². The summed E-state index contributed by atoms with van der Waals surface area (Å²) in [6.45, 7) is 5.63. The Morgan fingerprint density at radius 2 is 1.94 bits per heavy atom. The van der Waals surface area contributed by atoms with Gasteiger partial charge in [0.25, 0.3) is 0 Å². The number of aliphatic hydroxyl groups is 1. The zero-order chi connectivity index (χ0) is 12.1. The normalized spacial score (nSPS) is 12.9. The van der Waals surface area contributed by atoms with Gasteiger partial charge in [-0.1, -0.05) is 19.9 Å². The summed E-state index contributed by atoms with van der Waals surface area (Å²) in [7, 11) is 0. The summed E-state index contributed by atoms with van der Waals surface area (Å²) >= 11 is 0. The molecule has 0 amide bonds. The first-order valence-electron chi connectivity index (χ1n) is 5.72. The zero-order valence-corrected chi connectivity index (χ0v) is 10.0. The average molecular weight is 226 g/mol. The smallest absolute Gasteiger partial charge is 0.165 e. The number of benzene rings is 1. The highest BCUT2D eigenvalue weighted by molar-refractivity contribution is 5.30. The molecule has 1 N–H and O–H groups in total. The van der Waals surface area contributed by atoms with Crippen LogP contribution in [-0.2, 0) is 0 Å². The van der Waals surface area contributed by atoms with Crippen LogP contribution in [0.5, 0.6) is 5.75 Å². The molecule has 1 aromatic carbocycles. The Kier molecular flexibility index (Phi) is 4.74. The first kappa shape index (κ1) is 13.0. The van der Waals surface area contributed by atoms with Crippen LogP contribution in [0.25, 0.3) is 0 Å². The lowest BCUT2D eigenvalue weighted by molar-refractivity contribution is 0.182. The molecule has 0 fully saturated rings. The zero-order valence-electron chi connectivity index (χ0n) is 10.0. The van der Waals surface area contributed by atoms with Gasteiger partial charge in [-0.15, -0.1) is 0 Å². The number of halogens is 1. The molecule has 2 nitrogen and oxygen atoms in total. The number of hydrogen-bond acceptors (Lipinski definition) is 2. The molecule has 1 atom stereocenters. The van der Waals surface area contributed by atoms with Crippen LogP contribution in [0.3, 0.4) is 0 Å². The molecule has 0 saturated carbocycles. The molecule has 0 spiro atoms. The van der Waals surface area contributed by atoms with E-state index in [0.29, 0.717) is 5.56 Å². The third kappa shape index (κ3) is 3.20. The van der Waals surface area contributed by atoms with Gasteiger partial charge in [0.2, 0.25) is 0 Å². The quantitative estimate of drug-likeness (QED) is 0.833. The SMILES string of the molecule is CCC(CC)Oc1ccc(C(C)O)cc1F. The van der Waals surface area contributed by atoms with E-state index >= 15 is 0 Å². The molecule has 0 bridgehead atoms. The van der Waals surface area contributed by atoms with E-state index in [9.17, 15) is 9.50 Å². The monoisotopic (exact) mass is 226 g/mol. The molecule has 0 saturated heterocycles. The summed E-state index contributed by atoms with van der Waals surface area (Å²) in [4.78, 5) is 0. The molecule has 0 heterocycles. The van der Waals surface area contributed by atoms with Gasteiger partial charge in [0, 0.05) is 0 Å². The third-order valence-corrected chi connectivity index (χ3v) is 2.64. The second-order valence-corrected chi connectivity index (χ2v) is 3.92. The van der Waals surface area contributed by atoms with Crippen LogP contribution in [-0.4, -0.2) is 11.2 Å². The summed E-state index contributed by atoms with van der Waals surface area (Å²) in [6.07, 6.45) is 1.10. The minimum Gasteiger partial charge on any atom is -0.487 e. The number of rotatable bonds is 5. The number of ether oxygens (including phenoxy) is 1. The summed E-state index contributed by atoms with van der Waals surface area (Å²) in [5.74, 6) is -0.150. The fraction of sp³-hybridized carbons (Fsp3) is 0.538. The predicted octanol–water partition coefficient (Wildman–Crippen LogP) is 3.45. The largest absolute Gasteiger partial charge is 0.487 e. The van der Waals surface area contributed by atoms with Crippen LogP contribution in [0, 0.1) is 5.82 Å². The van der Waals surface area contributed by atoms with Crippen molar-refractivity contribution in [3.05, 3.63) is 29.6 Å². The summed E-state index contributed by atoms with van der Waals surface area (Å²) in [5.41, 5.74) is 0.564. The van der Waals surface area contributed by atoms with Crippen LogP contribution in [0.1, 0.15) is 45.3 Å². The van der Waals surface area contributed by atoms with Gasteiger partial charge in [0.05, 0.1) is 12.2 Å². The Hall–Kier alpha value is -1.09. The van der Waals surface area contributed by atoms with Gasteiger partial charge in [-0.25, -0.2) is 4.39 Å². The van der Waals surface area contributed by atoms with Crippen molar-refractivity contribution in [1.82, 2.24) is 0 Å². The van der Waals surface area contributed by atoms with Crippen molar-refractivity contribution in [3.63, 3.8) is 0 Å². The standard InChI is InChI=1S/C13H19FO2/c1-4-11(5-2)16-13-7-6-10(9(3)15)8-12(13)14/h6-9,11,15H,4-5H2,1-3H3. The van der Waals surface area contributed by atoms with E-state index in [1.54, 1.807) is 19.1 Å². The van der Waals surface area contributed by atoms with Crippen molar-refractivity contribution >= 4 is 0 Å². The maximum Gasteiger partial charge on any atom is 0.165 e. The highest BCUT2D eigenvalue weighted by atomic mass is 19.1. The molecule has 0 aliphatic carbocycles. The molecule has 90 valence electrons. The molecule has 3 heteroatoms. The molecule has 1 aromatic rings. The van der Waals surface area contributed by atoms with Crippen LogP contribution in [0.4, 0.5) is 4.39 Å². The van der Waals surface area contributed by atoms with Gasteiger partial charge >= 0.3 is 0 Å². The molecular formula is C13H19FO2. The number of aliphatic hydroxyl groups excluding tert-OH is 1. The molecule has 0 aromatic heterocycles. The molecule has 1 unspecified atom stereocenters. The van der Waals surface area contributed by atoms with Crippen molar-refractivity contribution in [2.45, 2.75) is 45.8 Å². The topological polar surface area (TPSA) is 29.5 Å². The van der Waals surface area contributed by atoms with E-state index in [0.717, 1.165) is 12.8 Å². The third-order valence-electron chi connectivity index (χ3n) is 2.64. The van der Waals surface area contributed by atoms with Gasteiger partial charge in [-0.2, -0.15) is 0 Å². The maximum absolute atomic E-state index is 13.6. The van der Waals surface area contributed by atoms with Gasteiger partial charge < -0.3 is 9.84 Å². The van der Waals surface area contributed by atoms with Crippen molar-refractivity contribution in [2.24, 2.45) is 0 Å². The van der Waals surface area contributed by atoms with E-state index in [-0.39, 0.29) is 11.9 Å². The van der Waals surface area contributed by atoms with E-state index in [1.165, 1.54) is 6.07 Å². The molecule has 0 aliphatic rings. The van der Waals surface area contributed by atoms with Crippen LogP contribution < -0.4 is 4.74 Å². The molecule has 16 heavy (non-hydrogen) atoms. The average Bonchev–Trinajstić information content (AvgIpc) is 2.27. The van der Waals surface area contributed by atoms with Gasteiger partial charge in [-0.05, 0) is 37.5 Å². The maximum atomic E-state index is 13.6. The Bertz CT molecular complexity index is 333. The van der Waals surface area contributed by atoms with Crippen molar-refractivity contribution in [1.29, 1.82) is 0 Å². The summed E-state index contributed by atoms with van der Waals surface area (Å²) < 4.78 is 19.1. The fourth-order valence-corrected chi connectivity index (χ4v) is 1.51. The highest BCUT2D eigenvalue weighted by Crippen LogP contribution is 2.23. The number of hydrogen-bond donors (Lipinski definition) is 1. The van der Waals surface area contributed by atoms with Gasteiger partial charge in [0.1, 0.15) is 0 Å². The van der Waals surface area contributed by atoms with E-state index in [2.05, 4.69) is 0 Å². The van der Waals surface area contributed by atoms with Crippen molar-refractivity contribution in [2.75, 3.05) is 0 Å². The lowest BCUT2D eigenvalue weighted by atomic mass is 10.1.